The fourth-order valence-electron chi connectivity index (χ4n) is 1.50. The zero-order valence-corrected chi connectivity index (χ0v) is 9.54. The molecule has 0 fully saturated rings. The molecule has 2 aromatic rings. The molecular weight excluding hydrogens is 214 g/mol. The van der Waals surface area contributed by atoms with E-state index in [0.29, 0.717) is 5.56 Å². The summed E-state index contributed by atoms with van der Waals surface area (Å²) >= 11 is 0. The number of hydrogen-bond acceptors (Lipinski definition) is 3. The molecule has 1 aromatic heterocycles. The molecule has 1 heterocycles. The van der Waals surface area contributed by atoms with Crippen LogP contribution in [0.25, 0.3) is 0 Å². The Bertz CT molecular complexity index is 482. The SMILES string of the molecule is CC(OC(=O)c1cccnc1)c1ccccc1. The van der Waals surface area contributed by atoms with Gasteiger partial charge in [0.25, 0.3) is 0 Å². The Labute approximate surface area is 100 Å². The van der Waals surface area contributed by atoms with Crippen LogP contribution in [0.4, 0.5) is 0 Å². The summed E-state index contributed by atoms with van der Waals surface area (Å²) in [5.41, 5.74) is 1.44. The first-order chi connectivity index (χ1) is 8.27. The number of benzene rings is 1. The van der Waals surface area contributed by atoms with E-state index in [1.165, 1.54) is 6.20 Å². The number of carbonyl (C=O) groups excluding carboxylic acids is 1. The molecular formula is C14H13NO2. The number of pyridine rings is 1. The minimum Gasteiger partial charge on any atom is -0.454 e. The molecule has 0 spiro atoms. The topological polar surface area (TPSA) is 39.2 Å². The number of aromatic nitrogens is 1. The Kier molecular flexibility index (Phi) is 3.50. The number of hydrogen-bond donors (Lipinski definition) is 0. The number of rotatable bonds is 3. The van der Waals surface area contributed by atoms with Gasteiger partial charge in [-0.25, -0.2) is 4.79 Å². The van der Waals surface area contributed by atoms with Crippen molar-refractivity contribution in [1.29, 1.82) is 0 Å². The van der Waals surface area contributed by atoms with Crippen LogP contribution in [0.3, 0.4) is 0 Å². The lowest BCUT2D eigenvalue weighted by Crippen LogP contribution is -2.09. The van der Waals surface area contributed by atoms with Crippen molar-refractivity contribution in [3.8, 4) is 0 Å². The third-order valence-corrected chi connectivity index (χ3v) is 2.45. The van der Waals surface area contributed by atoms with Gasteiger partial charge in [0.2, 0.25) is 0 Å². The van der Waals surface area contributed by atoms with Gasteiger partial charge in [0.15, 0.2) is 0 Å². The molecule has 17 heavy (non-hydrogen) atoms. The van der Waals surface area contributed by atoms with Crippen molar-refractivity contribution in [2.75, 3.05) is 0 Å². The smallest absolute Gasteiger partial charge is 0.340 e. The van der Waals surface area contributed by atoms with Crippen LogP contribution < -0.4 is 0 Å². The van der Waals surface area contributed by atoms with E-state index in [-0.39, 0.29) is 12.1 Å². The lowest BCUT2D eigenvalue weighted by Gasteiger charge is -2.13. The highest BCUT2D eigenvalue weighted by Gasteiger charge is 2.12. The van der Waals surface area contributed by atoms with Crippen LogP contribution in [0.15, 0.2) is 54.9 Å². The first-order valence-corrected chi connectivity index (χ1v) is 5.43. The van der Waals surface area contributed by atoms with E-state index in [1.54, 1.807) is 18.3 Å². The lowest BCUT2D eigenvalue weighted by molar-refractivity contribution is 0.0337. The second kappa shape index (κ2) is 5.25. The monoisotopic (exact) mass is 227 g/mol. The van der Waals surface area contributed by atoms with E-state index in [9.17, 15) is 4.79 Å². The summed E-state index contributed by atoms with van der Waals surface area (Å²) in [7, 11) is 0. The summed E-state index contributed by atoms with van der Waals surface area (Å²) in [6.45, 7) is 1.85. The van der Waals surface area contributed by atoms with Gasteiger partial charge in [-0.2, -0.15) is 0 Å². The second-order valence-electron chi connectivity index (χ2n) is 3.70. The van der Waals surface area contributed by atoms with Gasteiger partial charge in [-0.3, -0.25) is 4.98 Å². The van der Waals surface area contributed by atoms with Crippen LogP contribution >= 0.6 is 0 Å². The number of nitrogens with zero attached hydrogens (tertiary/aromatic N) is 1. The van der Waals surface area contributed by atoms with Gasteiger partial charge in [-0.15, -0.1) is 0 Å². The quantitative estimate of drug-likeness (QED) is 0.757. The highest BCUT2D eigenvalue weighted by molar-refractivity contribution is 5.89. The molecule has 0 amide bonds. The summed E-state index contributed by atoms with van der Waals surface area (Å²) in [5.74, 6) is -0.352. The largest absolute Gasteiger partial charge is 0.454 e. The number of ether oxygens (including phenoxy) is 1. The van der Waals surface area contributed by atoms with Gasteiger partial charge in [0, 0.05) is 12.4 Å². The predicted molar refractivity (Wildman–Crippen MR) is 64.5 cm³/mol. The van der Waals surface area contributed by atoms with E-state index in [0.717, 1.165) is 5.56 Å². The lowest BCUT2D eigenvalue weighted by atomic mass is 10.1. The van der Waals surface area contributed by atoms with Gasteiger partial charge in [-0.05, 0) is 24.6 Å². The standard InChI is InChI=1S/C14H13NO2/c1-11(12-6-3-2-4-7-12)17-14(16)13-8-5-9-15-10-13/h2-11H,1H3. The van der Waals surface area contributed by atoms with E-state index in [2.05, 4.69) is 4.98 Å². The maximum absolute atomic E-state index is 11.8. The molecule has 0 aliphatic rings. The summed E-state index contributed by atoms with van der Waals surface area (Å²) < 4.78 is 5.34. The Balaban J connectivity index is 2.05. The van der Waals surface area contributed by atoms with Crippen molar-refractivity contribution in [2.45, 2.75) is 13.0 Å². The molecule has 86 valence electrons. The maximum Gasteiger partial charge on any atom is 0.340 e. The molecule has 1 unspecified atom stereocenters. The molecule has 0 saturated carbocycles. The summed E-state index contributed by atoms with van der Waals surface area (Å²) in [6.07, 6.45) is 2.86. The van der Waals surface area contributed by atoms with Crippen molar-refractivity contribution in [2.24, 2.45) is 0 Å². The van der Waals surface area contributed by atoms with E-state index in [1.807, 2.05) is 37.3 Å². The molecule has 0 saturated heterocycles. The molecule has 0 radical (unpaired) electrons. The fraction of sp³-hybridized carbons (Fsp3) is 0.143. The van der Waals surface area contributed by atoms with Crippen LogP contribution in [0.2, 0.25) is 0 Å². The molecule has 0 aliphatic carbocycles. The van der Waals surface area contributed by atoms with E-state index >= 15 is 0 Å². The summed E-state index contributed by atoms with van der Waals surface area (Å²) in [6, 6.07) is 13.0. The molecule has 3 heteroatoms. The zero-order chi connectivity index (χ0) is 12.1. The first kappa shape index (κ1) is 11.3. The van der Waals surface area contributed by atoms with Crippen molar-refractivity contribution in [3.05, 3.63) is 66.0 Å². The number of esters is 1. The van der Waals surface area contributed by atoms with Crippen LogP contribution in [-0.2, 0) is 4.74 Å². The van der Waals surface area contributed by atoms with Crippen molar-refractivity contribution < 1.29 is 9.53 Å². The van der Waals surface area contributed by atoms with Crippen LogP contribution in [0.5, 0.6) is 0 Å². The Morgan fingerprint density at radius 2 is 1.94 bits per heavy atom. The summed E-state index contributed by atoms with van der Waals surface area (Å²) in [5, 5.41) is 0. The van der Waals surface area contributed by atoms with Crippen molar-refractivity contribution >= 4 is 5.97 Å². The first-order valence-electron chi connectivity index (χ1n) is 5.43. The molecule has 1 aromatic carbocycles. The van der Waals surface area contributed by atoms with Gasteiger partial charge in [0.05, 0.1) is 5.56 Å². The van der Waals surface area contributed by atoms with Crippen LogP contribution in [0.1, 0.15) is 28.9 Å². The van der Waals surface area contributed by atoms with Crippen molar-refractivity contribution in [3.63, 3.8) is 0 Å². The van der Waals surface area contributed by atoms with E-state index < -0.39 is 0 Å². The molecule has 0 aliphatic heterocycles. The zero-order valence-electron chi connectivity index (χ0n) is 9.54. The second-order valence-corrected chi connectivity index (χ2v) is 3.70. The Morgan fingerprint density at radius 1 is 1.18 bits per heavy atom. The highest BCUT2D eigenvalue weighted by Crippen LogP contribution is 2.17. The van der Waals surface area contributed by atoms with Gasteiger partial charge in [0.1, 0.15) is 6.10 Å². The minimum absolute atomic E-state index is 0.260. The average molecular weight is 227 g/mol. The van der Waals surface area contributed by atoms with Crippen LogP contribution in [-0.4, -0.2) is 11.0 Å². The van der Waals surface area contributed by atoms with Gasteiger partial charge < -0.3 is 4.74 Å². The highest BCUT2D eigenvalue weighted by atomic mass is 16.5. The van der Waals surface area contributed by atoms with Gasteiger partial charge in [-0.1, -0.05) is 30.3 Å². The van der Waals surface area contributed by atoms with E-state index in [4.69, 9.17) is 4.74 Å². The predicted octanol–water partition coefficient (Wildman–Crippen LogP) is 3.00. The maximum atomic E-state index is 11.8. The molecule has 0 bridgehead atoms. The Hall–Kier alpha value is -2.16. The van der Waals surface area contributed by atoms with Gasteiger partial charge >= 0.3 is 5.97 Å². The molecule has 0 N–H and O–H groups in total. The number of carbonyl (C=O) groups is 1. The average Bonchev–Trinajstić information content (AvgIpc) is 2.40. The third-order valence-electron chi connectivity index (χ3n) is 2.45. The van der Waals surface area contributed by atoms with Crippen LogP contribution in [0, 0.1) is 0 Å². The summed E-state index contributed by atoms with van der Waals surface area (Å²) in [4.78, 5) is 15.7. The molecule has 3 nitrogen and oxygen atoms in total. The minimum atomic E-state index is -0.352. The molecule has 2 rings (SSSR count). The van der Waals surface area contributed by atoms with Crippen molar-refractivity contribution in [1.82, 2.24) is 4.98 Å². The Morgan fingerprint density at radius 3 is 2.59 bits per heavy atom. The fourth-order valence-corrected chi connectivity index (χ4v) is 1.50. The third kappa shape index (κ3) is 2.91. The molecule has 1 atom stereocenters. The normalized spacial score (nSPS) is 11.8.